The average Bonchev–Trinajstić information content (AvgIpc) is 2.77. The molecule has 0 bridgehead atoms. The van der Waals surface area contributed by atoms with Gasteiger partial charge >= 0.3 is 0 Å². The molecule has 0 aromatic heterocycles. The first-order valence-corrected chi connectivity index (χ1v) is 12.2. The van der Waals surface area contributed by atoms with Crippen molar-refractivity contribution < 1.29 is 22.7 Å². The van der Waals surface area contributed by atoms with Crippen LogP contribution in [0.2, 0.25) is 0 Å². The Labute approximate surface area is 194 Å². The van der Waals surface area contributed by atoms with Crippen molar-refractivity contribution in [3.8, 4) is 5.75 Å². The molecule has 2 aromatic rings. The SMILES string of the molecule is CCOCCOc1ccccc1C(=O)NC(=S)Nc1ccc(S(=O)(=O)NC(C)CC)cc1. The standard InChI is InChI=1S/C22H29N3O5S2/c1-4-16(3)25-32(27,28)18-12-10-17(11-13-18)23-22(31)24-21(26)19-8-6-7-9-20(19)30-15-14-29-5-2/h6-13,16,25H,4-5,14-15H2,1-3H3,(H2,23,24,26,31). The highest BCUT2D eigenvalue weighted by atomic mass is 32.2. The van der Waals surface area contributed by atoms with Crippen LogP contribution in [-0.2, 0) is 14.8 Å². The number of sulfonamides is 1. The van der Waals surface area contributed by atoms with E-state index < -0.39 is 15.9 Å². The maximum Gasteiger partial charge on any atom is 0.261 e. The molecule has 0 aliphatic heterocycles. The summed E-state index contributed by atoms with van der Waals surface area (Å²) in [6, 6.07) is 12.8. The Morgan fingerprint density at radius 3 is 2.41 bits per heavy atom. The summed E-state index contributed by atoms with van der Waals surface area (Å²) in [4.78, 5) is 12.8. The summed E-state index contributed by atoms with van der Waals surface area (Å²) < 4.78 is 38.2. The molecule has 174 valence electrons. The summed E-state index contributed by atoms with van der Waals surface area (Å²) in [5.41, 5.74) is 0.879. The highest BCUT2D eigenvalue weighted by molar-refractivity contribution is 7.89. The van der Waals surface area contributed by atoms with Crippen molar-refractivity contribution in [2.45, 2.75) is 38.1 Å². The molecule has 10 heteroatoms. The molecular formula is C22H29N3O5S2. The van der Waals surface area contributed by atoms with Gasteiger partial charge in [-0.05, 0) is 68.9 Å². The van der Waals surface area contributed by atoms with Gasteiger partial charge in [-0.1, -0.05) is 19.1 Å². The van der Waals surface area contributed by atoms with Gasteiger partial charge in [0.25, 0.3) is 5.91 Å². The van der Waals surface area contributed by atoms with Crippen LogP contribution in [0.15, 0.2) is 53.4 Å². The van der Waals surface area contributed by atoms with Crippen LogP contribution in [-0.4, -0.2) is 45.3 Å². The average molecular weight is 480 g/mol. The Hall–Kier alpha value is -2.53. The summed E-state index contributed by atoms with van der Waals surface area (Å²) in [6.45, 7) is 6.93. The highest BCUT2D eigenvalue weighted by Gasteiger charge is 2.17. The van der Waals surface area contributed by atoms with Gasteiger partial charge in [-0.15, -0.1) is 0 Å². The molecule has 1 atom stereocenters. The largest absolute Gasteiger partial charge is 0.490 e. The second-order valence-electron chi connectivity index (χ2n) is 6.90. The number of carbonyl (C=O) groups is 1. The van der Waals surface area contributed by atoms with Crippen LogP contribution in [0.25, 0.3) is 0 Å². The van der Waals surface area contributed by atoms with Crippen molar-refractivity contribution in [3.05, 3.63) is 54.1 Å². The van der Waals surface area contributed by atoms with E-state index in [9.17, 15) is 13.2 Å². The first-order chi connectivity index (χ1) is 15.3. The minimum absolute atomic E-state index is 0.0763. The lowest BCUT2D eigenvalue weighted by Crippen LogP contribution is -2.34. The second kappa shape index (κ2) is 12.5. The van der Waals surface area contributed by atoms with Gasteiger partial charge in [0.05, 0.1) is 17.1 Å². The molecule has 1 unspecified atom stereocenters. The van der Waals surface area contributed by atoms with E-state index in [1.165, 1.54) is 12.1 Å². The smallest absolute Gasteiger partial charge is 0.261 e. The molecule has 1 amide bonds. The Morgan fingerprint density at radius 2 is 1.75 bits per heavy atom. The van der Waals surface area contributed by atoms with Crippen LogP contribution >= 0.6 is 12.2 Å². The first-order valence-electron chi connectivity index (χ1n) is 10.3. The van der Waals surface area contributed by atoms with E-state index in [-0.39, 0.29) is 16.0 Å². The summed E-state index contributed by atoms with van der Waals surface area (Å²) in [5.74, 6) is 0.00216. The number of para-hydroxylation sites is 1. The van der Waals surface area contributed by atoms with Gasteiger partial charge in [0, 0.05) is 18.3 Å². The van der Waals surface area contributed by atoms with Crippen LogP contribution in [0.5, 0.6) is 5.75 Å². The number of nitrogens with one attached hydrogen (secondary N) is 3. The third-order valence-electron chi connectivity index (χ3n) is 4.44. The lowest BCUT2D eigenvalue weighted by atomic mass is 10.2. The van der Waals surface area contributed by atoms with Crippen LogP contribution in [0, 0.1) is 0 Å². The molecule has 0 radical (unpaired) electrons. The molecule has 2 rings (SSSR count). The molecule has 0 aliphatic rings. The maximum atomic E-state index is 12.6. The van der Waals surface area contributed by atoms with Crippen molar-refractivity contribution in [3.63, 3.8) is 0 Å². The zero-order valence-corrected chi connectivity index (χ0v) is 20.0. The van der Waals surface area contributed by atoms with Crippen LogP contribution < -0.4 is 20.1 Å². The fraction of sp³-hybridized carbons (Fsp3) is 0.364. The summed E-state index contributed by atoms with van der Waals surface area (Å²) in [5, 5.41) is 5.56. The molecule has 0 fully saturated rings. The number of carbonyl (C=O) groups excluding carboxylic acids is 1. The number of rotatable bonds is 11. The predicted octanol–water partition coefficient (Wildman–Crippen LogP) is 3.31. The lowest BCUT2D eigenvalue weighted by Gasteiger charge is -2.14. The van der Waals surface area contributed by atoms with Gasteiger partial charge in [0.15, 0.2) is 5.11 Å². The molecular weight excluding hydrogens is 450 g/mol. The van der Waals surface area contributed by atoms with E-state index >= 15 is 0 Å². The molecule has 32 heavy (non-hydrogen) atoms. The number of thiocarbonyl (C=S) groups is 1. The Morgan fingerprint density at radius 1 is 1.06 bits per heavy atom. The van der Waals surface area contributed by atoms with Gasteiger partial charge in [-0.25, -0.2) is 13.1 Å². The molecule has 0 saturated carbocycles. The predicted molar refractivity (Wildman–Crippen MR) is 129 cm³/mol. The van der Waals surface area contributed by atoms with E-state index in [0.717, 1.165) is 0 Å². The first kappa shape index (κ1) is 25.7. The molecule has 3 N–H and O–H groups in total. The van der Waals surface area contributed by atoms with E-state index in [1.807, 2.05) is 13.8 Å². The van der Waals surface area contributed by atoms with Gasteiger partial charge in [-0.3, -0.25) is 10.1 Å². The van der Waals surface area contributed by atoms with Crippen molar-refractivity contribution in [1.29, 1.82) is 0 Å². The third kappa shape index (κ3) is 7.86. The summed E-state index contributed by atoms with van der Waals surface area (Å²) >= 11 is 5.22. The lowest BCUT2D eigenvalue weighted by molar-refractivity contribution is 0.0958. The molecule has 2 aromatic carbocycles. The van der Waals surface area contributed by atoms with Crippen molar-refractivity contribution >= 4 is 38.9 Å². The molecule has 0 heterocycles. The van der Waals surface area contributed by atoms with E-state index in [4.69, 9.17) is 21.7 Å². The summed E-state index contributed by atoms with van der Waals surface area (Å²) in [6.07, 6.45) is 0.688. The van der Waals surface area contributed by atoms with Gasteiger partial charge in [0.1, 0.15) is 12.4 Å². The molecule has 0 aliphatic carbocycles. The van der Waals surface area contributed by atoms with Crippen molar-refractivity contribution in [1.82, 2.24) is 10.0 Å². The topological polar surface area (TPSA) is 106 Å². The van der Waals surface area contributed by atoms with Crippen LogP contribution in [0.3, 0.4) is 0 Å². The van der Waals surface area contributed by atoms with Gasteiger partial charge in [-0.2, -0.15) is 0 Å². The quantitative estimate of drug-likeness (QED) is 0.335. The summed E-state index contributed by atoms with van der Waals surface area (Å²) in [7, 11) is -3.59. The van der Waals surface area contributed by atoms with Crippen molar-refractivity contribution in [2.24, 2.45) is 0 Å². The van der Waals surface area contributed by atoms with Gasteiger partial charge in [0.2, 0.25) is 10.0 Å². The molecule has 0 saturated heterocycles. The number of benzene rings is 2. The number of hydrogen-bond acceptors (Lipinski definition) is 6. The Bertz CT molecular complexity index is 1010. The minimum atomic E-state index is -3.59. The fourth-order valence-corrected chi connectivity index (χ4v) is 4.14. The Balaban J connectivity index is 1.97. The van der Waals surface area contributed by atoms with Crippen molar-refractivity contribution in [2.75, 3.05) is 25.1 Å². The third-order valence-corrected chi connectivity index (χ3v) is 6.25. The monoisotopic (exact) mass is 479 g/mol. The van der Waals surface area contributed by atoms with Crippen LogP contribution in [0.4, 0.5) is 5.69 Å². The second-order valence-corrected chi connectivity index (χ2v) is 9.03. The minimum Gasteiger partial charge on any atom is -0.490 e. The van der Waals surface area contributed by atoms with Gasteiger partial charge < -0.3 is 14.8 Å². The number of ether oxygens (including phenoxy) is 2. The van der Waals surface area contributed by atoms with E-state index in [0.29, 0.717) is 43.2 Å². The molecule has 0 spiro atoms. The fourth-order valence-electron chi connectivity index (χ4n) is 2.60. The number of amides is 1. The molecule has 8 nitrogen and oxygen atoms in total. The van der Waals surface area contributed by atoms with E-state index in [1.54, 1.807) is 43.3 Å². The van der Waals surface area contributed by atoms with E-state index in [2.05, 4.69) is 15.4 Å². The van der Waals surface area contributed by atoms with Crippen LogP contribution in [0.1, 0.15) is 37.6 Å². The highest BCUT2D eigenvalue weighted by Crippen LogP contribution is 2.18. The number of hydrogen-bond donors (Lipinski definition) is 3. The maximum absolute atomic E-state index is 12.6. The Kier molecular flexibility index (Phi) is 10.0. The zero-order chi connectivity index (χ0) is 23.6. The normalized spacial score (nSPS) is 12.1. The zero-order valence-electron chi connectivity index (χ0n) is 18.4. The number of anilines is 1.